The normalized spacial score (nSPS) is 20.9. The monoisotopic (exact) mass is 514 g/mol. The van der Waals surface area contributed by atoms with Crippen LogP contribution in [-0.2, 0) is 14.3 Å². The van der Waals surface area contributed by atoms with Crippen molar-refractivity contribution in [2.45, 2.75) is 13.0 Å². The fourth-order valence-corrected chi connectivity index (χ4v) is 4.62. The Hall–Kier alpha value is -2.68. The minimum absolute atomic E-state index is 0.105. The molecular formula is C25H27BrN2O5. The average Bonchev–Trinajstić information content (AvgIpc) is 3.08. The molecule has 2 aliphatic rings. The molecule has 2 fully saturated rings. The Morgan fingerprint density at radius 2 is 1.82 bits per heavy atom. The number of aliphatic hydroxyl groups is 1. The Balaban J connectivity index is 1.74. The predicted octanol–water partition coefficient (Wildman–Crippen LogP) is 3.52. The number of ketones is 1. The third-order valence-electron chi connectivity index (χ3n) is 6.15. The van der Waals surface area contributed by atoms with Crippen molar-refractivity contribution in [1.29, 1.82) is 0 Å². The molecule has 2 aromatic carbocycles. The number of likely N-dealkylation sites (tertiary alicyclic amines) is 1. The lowest BCUT2D eigenvalue weighted by Gasteiger charge is -2.31. The van der Waals surface area contributed by atoms with Crippen LogP contribution in [0.5, 0.6) is 5.75 Å². The van der Waals surface area contributed by atoms with E-state index in [4.69, 9.17) is 9.47 Å². The van der Waals surface area contributed by atoms with Crippen LogP contribution in [-0.4, -0.2) is 73.1 Å². The van der Waals surface area contributed by atoms with Crippen molar-refractivity contribution in [3.8, 4) is 5.75 Å². The van der Waals surface area contributed by atoms with Gasteiger partial charge in [0.2, 0.25) is 0 Å². The van der Waals surface area contributed by atoms with Crippen molar-refractivity contribution < 1.29 is 24.2 Å². The first-order valence-corrected chi connectivity index (χ1v) is 11.7. The molecule has 2 saturated heterocycles. The quantitative estimate of drug-likeness (QED) is 0.361. The second-order valence-corrected chi connectivity index (χ2v) is 9.10. The summed E-state index contributed by atoms with van der Waals surface area (Å²) in [5.74, 6) is -0.762. The third-order valence-corrected chi connectivity index (χ3v) is 6.68. The number of Topliss-reactive ketones (excluding diaryl/α,β-unsaturated/α-hetero) is 1. The smallest absolute Gasteiger partial charge is 0.295 e. The summed E-state index contributed by atoms with van der Waals surface area (Å²) in [5.41, 5.74) is 2.17. The minimum atomic E-state index is -0.670. The maximum Gasteiger partial charge on any atom is 0.295 e. The van der Waals surface area contributed by atoms with Gasteiger partial charge in [-0.25, -0.2) is 0 Å². The largest absolute Gasteiger partial charge is 0.507 e. The van der Waals surface area contributed by atoms with Crippen molar-refractivity contribution in [2.24, 2.45) is 0 Å². The summed E-state index contributed by atoms with van der Waals surface area (Å²) in [5, 5.41) is 11.2. The molecule has 1 amide bonds. The Morgan fingerprint density at radius 3 is 2.45 bits per heavy atom. The number of aliphatic hydroxyl groups excluding tert-OH is 1. The number of hydrogen-bond acceptors (Lipinski definition) is 6. The topological polar surface area (TPSA) is 79.3 Å². The van der Waals surface area contributed by atoms with Gasteiger partial charge in [-0.1, -0.05) is 28.1 Å². The van der Waals surface area contributed by atoms with Gasteiger partial charge in [-0.2, -0.15) is 0 Å². The molecule has 0 saturated carbocycles. The van der Waals surface area contributed by atoms with Gasteiger partial charge in [-0.3, -0.25) is 14.5 Å². The Bertz CT molecular complexity index is 1080. The summed E-state index contributed by atoms with van der Waals surface area (Å²) < 4.78 is 11.6. The number of carbonyl (C=O) groups is 2. The molecule has 2 aliphatic heterocycles. The number of nitrogens with zero attached hydrogens (tertiary/aromatic N) is 2. The van der Waals surface area contributed by atoms with Gasteiger partial charge < -0.3 is 19.5 Å². The van der Waals surface area contributed by atoms with Gasteiger partial charge >= 0.3 is 0 Å². The van der Waals surface area contributed by atoms with Crippen LogP contribution in [0.4, 0.5) is 0 Å². The van der Waals surface area contributed by atoms with E-state index >= 15 is 0 Å². The lowest BCUT2D eigenvalue weighted by atomic mass is 9.95. The first-order valence-electron chi connectivity index (χ1n) is 10.9. The lowest BCUT2D eigenvalue weighted by molar-refractivity contribution is -0.140. The Kier molecular flexibility index (Phi) is 7.17. The number of carbonyl (C=O) groups excluding carboxylic acids is 2. The van der Waals surface area contributed by atoms with E-state index < -0.39 is 17.7 Å². The number of benzene rings is 2. The highest BCUT2D eigenvalue weighted by Crippen LogP contribution is 2.40. The van der Waals surface area contributed by atoms with Crippen molar-refractivity contribution in [1.82, 2.24) is 9.80 Å². The van der Waals surface area contributed by atoms with Crippen LogP contribution >= 0.6 is 15.9 Å². The Labute approximate surface area is 201 Å². The Morgan fingerprint density at radius 1 is 1.12 bits per heavy atom. The number of hydrogen-bond donors (Lipinski definition) is 1. The molecule has 0 bridgehead atoms. The molecule has 4 rings (SSSR count). The fourth-order valence-electron chi connectivity index (χ4n) is 4.36. The number of amides is 1. The summed E-state index contributed by atoms with van der Waals surface area (Å²) >= 11 is 3.44. The van der Waals surface area contributed by atoms with Gasteiger partial charge in [0.15, 0.2) is 0 Å². The van der Waals surface area contributed by atoms with E-state index in [-0.39, 0.29) is 11.3 Å². The van der Waals surface area contributed by atoms with Gasteiger partial charge in [0, 0.05) is 36.2 Å². The molecule has 2 aromatic rings. The average molecular weight is 515 g/mol. The van der Waals surface area contributed by atoms with Crippen molar-refractivity contribution in [2.75, 3.05) is 46.5 Å². The second-order valence-electron chi connectivity index (χ2n) is 8.18. The van der Waals surface area contributed by atoms with Gasteiger partial charge in [0.05, 0.1) is 31.9 Å². The summed E-state index contributed by atoms with van der Waals surface area (Å²) in [6, 6.07) is 12.0. The molecule has 0 aliphatic carbocycles. The van der Waals surface area contributed by atoms with Gasteiger partial charge in [-0.05, 0) is 48.4 Å². The highest BCUT2D eigenvalue weighted by Gasteiger charge is 2.46. The van der Waals surface area contributed by atoms with Crippen molar-refractivity contribution >= 4 is 33.4 Å². The summed E-state index contributed by atoms with van der Waals surface area (Å²) in [4.78, 5) is 30.1. The first kappa shape index (κ1) is 23.5. The number of methoxy groups -OCH3 is 1. The number of rotatable bonds is 6. The van der Waals surface area contributed by atoms with Crippen LogP contribution in [0.3, 0.4) is 0 Å². The molecule has 1 N–H and O–H groups in total. The van der Waals surface area contributed by atoms with Crippen LogP contribution in [0.2, 0.25) is 0 Å². The molecular weight excluding hydrogens is 488 g/mol. The van der Waals surface area contributed by atoms with Gasteiger partial charge in [-0.15, -0.1) is 0 Å². The third kappa shape index (κ3) is 4.83. The first-order chi connectivity index (χ1) is 15.9. The molecule has 174 valence electrons. The number of ether oxygens (including phenoxy) is 2. The van der Waals surface area contributed by atoms with Crippen LogP contribution in [0.1, 0.15) is 22.7 Å². The number of halogens is 1. The number of morpholine rings is 1. The minimum Gasteiger partial charge on any atom is -0.507 e. The molecule has 2 heterocycles. The zero-order valence-electron chi connectivity index (χ0n) is 18.7. The van der Waals surface area contributed by atoms with E-state index in [2.05, 4.69) is 20.8 Å². The molecule has 1 atom stereocenters. The summed E-state index contributed by atoms with van der Waals surface area (Å²) in [7, 11) is 1.58. The molecule has 8 heteroatoms. The van der Waals surface area contributed by atoms with E-state index in [1.54, 1.807) is 30.2 Å². The van der Waals surface area contributed by atoms with E-state index in [9.17, 15) is 14.7 Å². The van der Waals surface area contributed by atoms with Crippen LogP contribution in [0.25, 0.3) is 5.76 Å². The van der Waals surface area contributed by atoms with Crippen LogP contribution in [0, 0.1) is 6.92 Å². The zero-order chi connectivity index (χ0) is 23.5. The standard InChI is InChI=1S/C25H27BrN2O5/c1-16-15-18(5-8-20(16)32-2)23(29)21-22(17-3-6-19(26)7-4-17)28(25(31)24(21)30)10-9-27-11-13-33-14-12-27/h3-8,15,22,29H,9-14H2,1-2H3/b23-21-. The summed E-state index contributed by atoms with van der Waals surface area (Å²) in [6.07, 6.45) is 0. The second kappa shape index (κ2) is 10.1. The maximum absolute atomic E-state index is 13.2. The van der Waals surface area contributed by atoms with Crippen molar-refractivity contribution in [3.05, 3.63) is 69.2 Å². The number of aryl methyl sites for hydroxylation is 1. The van der Waals surface area contributed by atoms with Gasteiger partial charge in [0.25, 0.3) is 11.7 Å². The highest BCUT2D eigenvalue weighted by atomic mass is 79.9. The van der Waals surface area contributed by atoms with E-state index in [0.29, 0.717) is 37.6 Å². The maximum atomic E-state index is 13.2. The molecule has 1 unspecified atom stereocenters. The SMILES string of the molecule is COc1ccc(/C(O)=C2/C(=O)C(=O)N(CCN3CCOCC3)C2c2ccc(Br)cc2)cc1C. The van der Waals surface area contributed by atoms with Crippen LogP contribution in [0.15, 0.2) is 52.5 Å². The summed E-state index contributed by atoms with van der Waals surface area (Å²) in [6.45, 7) is 5.77. The van der Waals surface area contributed by atoms with Crippen molar-refractivity contribution in [3.63, 3.8) is 0 Å². The highest BCUT2D eigenvalue weighted by molar-refractivity contribution is 9.10. The molecule has 0 radical (unpaired) electrons. The molecule has 0 aromatic heterocycles. The predicted molar refractivity (Wildman–Crippen MR) is 128 cm³/mol. The van der Waals surface area contributed by atoms with E-state index in [1.807, 2.05) is 31.2 Å². The zero-order valence-corrected chi connectivity index (χ0v) is 20.3. The van der Waals surface area contributed by atoms with E-state index in [1.165, 1.54) is 0 Å². The molecule has 33 heavy (non-hydrogen) atoms. The van der Waals surface area contributed by atoms with Crippen LogP contribution < -0.4 is 4.74 Å². The fraction of sp³-hybridized carbons (Fsp3) is 0.360. The lowest BCUT2D eigenvalue weighted by Crippen LogP contribution is -2.42. The molecule has 0 spiro atoms. The van der Waals surface area contributed by atoms with E-state index in [0.717, 1.165) is 28.7 Å². The van der Waals surface area contributed by atoms with Gasteiger partial charge in [0.1, 0.15) is 11.5 Å². The molecule has 7 nitrogen and oxygen atoms in total.